The summed E-state index contributed by atoms with van der Waals surface area (Å²) in [6, 6.07) is 8.22. The van der Waals surface area contributed by atoms with Crippen molar-refractivity contribution in [2.45, 2.75) is 123 Å². The summed E-state index contributed by atoms with van der Waals surface area (Å²) >= 11 is 0. The maximum atomic E-state index is 6.08. The van der Waals surface area contributed by atoms with Crippen molar-refractivity contribution in [3.8, 4) is 17.1 Å². The van der Waals surface area contributed by atoms with Gasteiger partial charge in [-0.25, -0.2) is 9.97 Å². The molecule has 2 aromatic rings. The molecule has 0 aliphatic carbocycles. The van der Waals surface area contributed by atoms with Crippen LogP contribution in [0, 0.1) is 0 Å². The first-order valence-electron chi connectivity index (χ1n) is 13.3. The molecular formula is C29H46N2O. The van der Waals surface area contributed by atoms with Gasteiger partial charge in [0.05, 0.1) is 6.10 Å². The number of hydrogen-bond acceptors (Lipinski definition) is 3. The molecule has 0 aliphatic heterocycles. The van der Waals surface area contributed by atoms with E-state index in [1.165, 1.54) is 89.0 Å². The molecule has 1 heterocycles. The molecule has 3 heteroatoms. The van der Waals surface area contributed by atoms with Gasteiger partial charge in [0.25, 0.3) is 0 Å². The minimum absolute atomic E-state index is 0.259. The second-order valence-corrected chi connectivity index (χ2v) is 9.30. The highest BCUT2D eigenvalue weighted by Gasteiger charge is 2.06. The van der Waals surface area contributed by atoms with Gasteiger partial charge in [0, 0.05) is 18.0 Å². The van der Waals surface area contributed by atoms with Gasteiger partial charge >= 0.3 is 0 Å². The lowest BCUT2D eigenvalue weighted by Crippen LogP contribution is -2.11. The van der Waals surface area contributed by atoms with E-state index in [4.69, 9.17) is 4.74 Å². The molecule has 0 N–H and O–H groups in total. The molecule has 2 rings (SSSR count). The van der Waals surface area contributed by atoms with Gasteiger partial charge < -0.3 is 4.74 Å². The van der Waals surface area contributed by atoms with E-state index >= 15 is 0 Å². The lowest BCUT2D eigenvalue weighted by molar-refractivity contribution is 0.206. The highest BCUT2D eigenvalue weighted by molar-refractivity contribution is 5.55. The molecule has 0 fully saturated rings. The molecule has 32 heavy (non-hydrogen) atoms. The zero-order chi connectivity index (χ0) is 22.9. The standard InChI is InChI=1S/C29H46N2O/c1-4-6-8-10-11-12-14-16-18-26-23-30-29(31-24-26)27-19-21-28(22-20-27)32-25(3)17-15-13-9-7-5-2/h19-25H,4-18H2,1-3H3/t25-/m0/s1. The predicted octanol–water partition coefficient (Wildman–Crippen LogP) is 8.95. The molecule has 0 saturated carbocycles. The molecular weight excluding hydrogens is 392 g/mol. The number of rotatable bonds is 18. The Morgan fingerprint density at radius 3 is 1.81 bits per heavy atom. The Kier molecular flexibility index (Phi) is 13.7. The smallest absolute Gasteiger partial charge is 0.159 e. The highest BCUT2D eigenvalue weighted by Crippen LogP contribution is 2.21. The Bertz CT molecular complexity index is 696. The Morgan fingerprint density at radius 1 is 0.688 bits per heavy atom. The molecule has 1 atom stereocenters. The van der Waals surface area contributed by atoms with Crippen LogP contribution < -0.4 is 4.74 Å². The molecule has 0 aliphatic rings. The van der Waals surface area contributed by atoms with Crippen molar-refractivity contribution >= 4 is 0 Å². The van der Waals surface area contributed by atoms with Crippen molar-refractivity contribution in [1.29, 1.82) is 0 Å². The van der Waals surface area contributed by atoms with Gasteiger partial charge in [-0.1, -0.05) is 84.5 Å². The zero-order valence-electron chi connectivity index (χ0n) is 21.0. The average molecular weight is 439 g/mol. The van der Waals surface area contributed by atoms with E-state index in [-0.39, 0.29) is 6.10 Å². The SMILES string of the molecule is CCCCCCCCCCc1cnc(-c2ccc(O[C@@H](C)CCCCCCC)cc2)nc1. The van der Waals surface area contributed by atoms with Crippen molar-refractivity contribution in [3.63, 3.8) is 0 Å². The van der Waals surface area contributed by atoms with Crippen LogP contribution in [0.4, 0.5) is 0 Å². The normalized spacial score (nSPS) is 12.1. The maximum Gasteiger partial charge on any atom is 0.159 e. The van der Waals surface area contributed by atoms with Crippen LogP contribution in [0.2, 0.25) is 0 Å². The fourth-order valence-electron chi connectivity index (χ4n) is 4.11. The lowest BCUT2D eigenvalue weighted by atomic mass is 10.1. The number of ether oxygens (including phenoxy) is 1. The third kappa shape index (κ3) is 11.1. The molecule has 1 aromatic heterocycles. The van der Waals surface area contributed by atoms with Gasteiger partial charge in [-0.3, -0.25) is 0 Å². The first-order valence-corrected chi connectivity index (χ1v) is 13.3. The van der Waals surface area contributed by atoms with Crippen molar-refractivity contribution in [2.24, 2.45) is 0 Å². The van der Waals surface area contributed by atoms with Crippen LogP contribution in [0.1, 0.15) is 116 Å². The number of benzene rings is 1. The van der Waals surface area contributed by atoms with Gasteiger partial charge in [0.2, 0.25) is 0 Å². The van der Waals surface area contributed by atoms with Crippen LogP contribution in [0.5, 0.6) is 5.75 Å². The third-order valence-corrected chi connectivity index (χ3v) is 6.19. The van der Waals surface area contributed by atoms with Gasteiger partial charge in [0.15, 0.2) is 5.82 Å². The monoisotopic (exact) mass is 438 g/mol. The van der Waals surface area contributed by atoms with Gasteiger partial charge in [-0.2, -0.15) is 0 Å². The fourth-order valence-corrected chi connectivity index (χ4v) is 4.11. The van der Waals surface area contributed by atoms with Crippen molar-refractivity contribution in [3.05, 3.63) is 42.2 Å². The average Bonchev–Trinajstić information content (AvgIpc) is 2.81. The molecule has 0 saturated heterocycles. The third-order valence-electron chi connectivity index (χ3n) is 6.19. The van der Waals surface area contributed by atoms with Crippen molar-refractivity contribution < 1.29 is 4.74 Å². The first-order chi connectivity index (χ1) is 15.7. The lowest BCUT2D eigenvalue weighted by Gasteiger charge is -2.15. The summed E-state index contributed by atoms with van der Waals surface area (Å²) in [6.45, 7) is 6.70. The second kappa shape index (κ2) is 16.7. The quantitative estimate of drug-likeness (QED) is 0.218. The van der Waals surface area contributed by atoms with E-state index in [1.54, 1.807) is 0 Å². The molecule has 0 spiro atoms. The topological polar surface area (TPSA) is 35.0 Å². The van der Waals surface area contributed by atoms with Crippen LogP contribution in [0.15, 0.2) is 36.7 Å². The second-order valence-electron chi connectivity index (χ2n) is 9.30. The van der Waals surface area contributed by atoms with E-state index < -0.39 is 0 Å². The zero-order valence-corrected chi connectivity index (χ0v) is 21.0. The molecule has 0 radical (unpaired) electrons. The largest absolute Gasteiger partial charge is 0.491 e. The summed E-state index contributed by atoms with van der Waals surface area (Å²) in [5.41, 5.74) is 2.29. The highest BCUT2D eigenvalue weighted by atomic mass is 16.5. The number of hydrogen-bond donors (Lipinski definition) is 0. The van der Waals surface area contributed by atoms with Gasteiger partial charge in [0.1, 0.15) is 5.75 Å². The van der Waals surface area contributed by atoms with Crippen LogP contribution in [0.3, 0.4) is 0 Å². The first kappa shape index (κ1) is 26.4. The Morgan fingerprint density at radius 2 is 1.22 bits per heavy atom. The predicted molar refractivity (Wildman–Crippen MR) is 137 cm³/mol. The number of nitrogens with zero attached hydrogens (tertiary/aromatic N) is 2. The van der Waals surface area contributed by atoms with E-state index in [0.29, 0.717) is 0 Å². The Balaban J connectivity index is 1.68. The van der Waals surface area contributed by atoms with E-state index in [0.717, 1.165) is 30.0 Å². The van der Waals surface area contributed by atoms with Crippen molar-refractivity contribution in [1.82, 2.24) is 9.97 Å². The van der Waals surface area contributed by atoms with Gasteiger partial charge in [-0.05, 0) is 62.4 Å². The van der Waals surface area contributed by atoms with Crippen molar-refractivity contribution in [2.75, 3.05) is 0 Å². The van der Waals surface area contributed by atoms with Crippen LogP contribution >= 0.6 is 0 Å². The minimum Gasteiger partial charge on any atom is -0.491 e. The van der Waals surface area contributed by atoms with E-state index in [9.17, 15) is 0 Å². The molecule has 0 amide bonds. The van der Waals surface area contributed by atoms with Gasteiger partial charge in [-0.15, -0.1) is 0 Å². The summed E-state index contributed by atoms with van der Waals surface area (Å²) in [4.78, 5) is 9.20. The minimum atomic E-state index is 0.259. The number of aromatic nitrogens is 2. The molecule has 1 aromatic carbocycles. The van der Waals surface area contributed by atoms with Crippen LogP contribution in [-0.4, -0.2) is 16.1 Å². The summed E-state index contributed by atoms with van der Waals surface area (Å²) in [5.74, 6) is 1.72. The summed E-state index contributed by atoms with van der Waals surface area (Å²) < 4.78 is 6.08. The van der Waals surface area contributed by atoms with E-state index in [1.807, 2.05) is 24.5 Å². The van der Waals surface area contributed by atoms with Crippen LogP contribution in [-0.2, 0) is 6.42 Å². The number of aryl methyl sites for hydroxylation is 1. The van der Waals surface area contributed by atoms with Crippen LogP contribution in [0.25, 0.3) is 11.4 Å². The maximum absolute atomic E-state index is 6.08. The number of unbranched alkanes of at least 4 members (excludes halogenated alkanes) is 11. The molecule has 178 valence electrons. The molecule has 3 nitrogen and oxygen atoms in total. The van der Waals surface area contributed by atoms with E-state index in [2.05, 4.69) is 42.9 Å². The summed E-state index contributed by atoms with van der Waals surface area (Å²) in [5, 5.41) is 0. The summed E-state index contributed by atoms with van der Waals surface area (Å²) in [7, 11) is 0. The Labute approximate surface area is 197 Å². The Hall–Kier alpha value is -1.90. The molecule has 0 bridgehead atoms. The fraction of sp³-hybridized carbons (Fsp3) is 0.655. The summed E-state index contributed by atoms with van der Waals surface area (Å²) in [6.07, 6.45) is 23.8. The molecule has 0 unspecified atom stereocenters.